The number of benzene rings is 2. The molecule has 11 heteroatoms. The molecule has 1 aliphatic heterocycles. The average molecular weight is 692 g/mol. The summed E-state index contributed by atoms with van der Waals surface area (Å²) >= 11 is 6.35. The number of ether oxygens (including phenoxy) is 2. The minimum atomic E-state index is -4.66. The van der Waals surface area contributed by atoms with Gasteiger partial charge in [-0.25, -0.2) is 9.18 Å². The van der Waals surface area contributed by atoms with E-state index in [9.17, 15) is 18.0 Å². The number of hydrogen-bond donors (Lipinski definition) is 1. The zero-order valence-electron chi connectivity index (χ0n) is 27.4. The van der Waals surface area contributed by atoms with E-state index in [1.807, 2.05) is 76.0 Å². The number of rotatable bonds is 10. The summed E-state index contributed by atoms with van der Waals surface area (Å²) in [6.45, 7) is 9.02. The Hall–Kier alpha value is -1.91. The maximum atomic E-state index is 16.6. The van der Waals surface area contributed by atoms with Gasteiger partial charge in [0.15, 0.2) is 0 Å². The molecule has 1 saturated carbocycles. The molecular weight excluding hydrogens is 643 g/mol. The van der Waals surface area contributed by atoms with Crippen molar-refractivity contribution in [2.24, 2.45) is 0 Å². The van der Waals surface area contributed by atoms with Crippen molar-refractivity contribution in [2.75, 3.05) is 26.7 Å². The molecule has 1 N–H and O–H groups in total. The van der Waals surface area contributed by atoms with Gasteiger partial charge in [-0.15, -0.1) is 25.6 Å². The van der Waals surface area contributed by atoms with Crippen LogP contribution in [0.25, 0.3) is 0 Å². The molecule has 4 rings (SSSR count). The van der Waals surface area contributed by atoms with Crippen molar-refractivity contribution in [3.05, 3.63) is 69.7 Å². The molecule has 2 aromatic carbocycles. The van der Waals surface area contributed by atoms with Crippen LogP contribution in [0.1, 0.15) is 106 Å². The Labute approximate surface area is 282 Å². The van der Waals surface area contributed by atoms with Gasteiger partial charge in [-0.3, -0.25) is 9.64 Å². The summed E-state index contributed by atoms with van der Waals surface area (Å²) in [5.41, 5.74) is 1.39. The lowest BCUT2D eigenvalue weighted by Gasteiger charge is -2.39. The summed E-state index contributed by atoms with van der Waals surface area (Å²) in [5.74, 6) is -0.876. The third kappa shape index (κ3) is 10.3. The third-order valence-electron chi connectivity index (χ3n) is 9.19. The van der Waals surface area contributed by atoms with E-state index < -0.39 is 41.7 Å². The van der Waals surface area contributed by atoms with Crippen LogP contribution in [-0.2, 0) is 14.3 Å². The van der Waals surface area contributed by atoms with Gasteiger partial charge in [0, 0.05) is 10.9 Å². The molecule has 258 valence electrons. The molecule has 1 aliphatic carbocycles. The molecular formula is C35H48Cl2F4N2O3. The molecule has 0 spiro atoms. The lowest BCUT2D eigenvalue weighted by atomic mass is 9.75. The molecule has 2 atom stereocenters. The number of nitrogens with zero attached hydrogens (tertiary/aromatic N) is 1. The molecule has 2 fully saturated rings. The molecule has 0 bridgehead atoms. The summed E-state index contributed by atoms with van der Waals surface area (Å²) in [6, 6.07) is 12.4. The molecule has 1 saturated heterocycles. The normalized spacial score (nSPS) is 21.7. The van der Waals surface area contributed by atoms with E-state index in [0.717, 1.165) is 22.3 Å². The molecule has 2 aromatic rings. The van der Waals surface area contributed by atoms with Crippen LogP contribution < -0.4 is 5.32 Å². The monoisotopic (exact) mass is 690 g/mol. The van der Waals surface area contributed by atoms with E-state index >= 15 is 4.39 Å². The van der Waals surface area contributed by atoms with Crippen molar-refractivity contribution in [2.45, 2.75) is 114 Å². The number of hydrogen-bond acceptors (Lipinski definition) is 5. The van der Waals surface area contributed by atoms with Crippen LogP contribution in [0.15, 0.2) is 42.5 Å². The number of alkyl halides is 4. The number of carbonyl (C=O) groups is 1. The number of piperidine rings is 1. The Morgan fingerprint density at radius 1 is 1.07 bits per heavy atom. The predicted octanol–water partition coefficient (Wildman–Crippen LogP) is 9.21. The van der Waals surface area contributed by atoms with Crippen LogP contribution in [0, 0.1) is 6.92 Å². The first-order valence-corrected chi connectivity index (χ1v) is 16.4. The maximum absolute atomic E-state index is 16.6. The zero-order chi connectivity index (χ0) is 33.0. The van der Waals surface area contributed by atoms with E-state index in [1.54, 1.807) is 6.07 Å². The largest absolute Gasteiger partial charge is 0.522 e. The second kappa shape index (κ2) is 16.0. The van der Waals surface area contributed by atoms with Crippen molar-refractivity contribution >= 4 is 30.0 Å². The fourth-order valence-electron chi connectivity index (χ4n) is 7.16. The third-order valence-corrected chi connectivity index (χ3v) is 9.42. The molecule has 0 radical (unpaired) electrons. The Morgan fingerprint density at radius 3 is 2.28 bits per heavy atom. The SMILES string of the molecule is Cc1cccc(C(C(=O)OC(C)(C)C)N(C)CCC(c2cccc(Cl)c2)C2(F)CCNCC2)c1C1CCC(OC(F)(F)F)CC1.Cl. The number of esters is 1. The Balaban J connectivity index is 0.00000576. The molecule has 46 heavy (non-hydrogen) atoms. The predicted molar refractivity (Wildman–Crippen MR) is 177 cm³/mol. The van der Waals surface area contributed by atoms with Gasteiger partial charge in [0.25, 0.3) is 0 Å². The van der Waals surface area contributed by atoms with Crippen molar-refractivity contribution in [3.8, 4) is 0 Å². The van der Waals surface area contributed by atoms with Crippen LogP contribution in [0.4, 0.5) is 17.6 Å². The summed E-state index contributed by atoms with van der Waals surface area (Å²) in [4.78, 5) is 15.9. The first kappa shape index (κ1) is 38.5. The highest BCUT2D eigenvalue weighted by Gasteiger charge is 2.42. The van der Waals surface area contributed by atoms with E-state index in [1.165, 1.54) is 0 Å². The van der Waals surface area contributed by atoms with E-state index in [4.69, 9.17) is 16.3 Å². The van der Waals surface area contributed by atoms with Crippen LogP contribution in [0.2, 0.25) is 5.02 Å². The topological polar surface area (TPSA) is 50.8 Å². The number of nitrogens with one attached hydrogen (secondary N) is 1. The molecule has 2 unspecified atom stereocenters. The molecule has 0 aromatic heterocycles. The summed E-state index contributed by atoms with van der Waals surface area (Å²) in [6.07, 6.45) is -2.74. The molecule has 1 heterocycles. The lowest BCUT2D eigenvalue weighted by Crippen LogP contribution is -2.44. The second-order valence-corrected chi connectivity index (χ2v) is 14.1. The molecule has 2 aliphatic rings. The van der Waals surface area contributed by atoms with Crippen LogP contribution in [0.3, 0.4) is 0 Å². The van der Waals surface area contributed by atoms with Crippen LogP contribution in [0.5, 0.6) is 0 Å². The first-order valence-electron chi connectivity index (χ1n) is 16.0. The smallest absolute Gasteiger partial charge is 0.459 e. The summed E-state index contributed by atoms with van der Waals surface area (Å²) < 4.78 is 65.6. The number of carbonyl (C=O) groups excluding carboxylic acids is 1. The highest BCUT2D eigenvalue weighted by molar-refractivity contribution is 6.30. The fourth-order valence-corrected chi connectivity index (χ4v) is 7.36. The van der Waals surface area contributed by atoms with Gasteiger partial charge >= 0.3 is 12.3 Å². The molecule has 0 amide bonds. The standard InChI is InChI=1S/C35H47ClF4N2O3.ClH/c1-23-8-6-11-28(30(23)24-12-14-27(15-13-24)44-35(38,39)40)31(32(43)45-33(2,3)4)42(5)21-16-29(25-9-7-10-26(36)22-25)34(37)17-19-41-20-18-34;/h6-11,22,24,27,29,31,41H,12-21H2,1-5H3;1H. The Morgan fingerprint density at radius 2 is 1.70 bits per heavy atom. The highest BCUT2D eigenvalue weighted by atomic mass is 35.5. The number of aryl methyl sites for hydroxylation is 1. The van der Waals surface area contributed by atoms with Gasteiger partial charge in [0.05, 0.1) is 6.10 Å². The van der Waals surface area contributed by atoms with Crippen molar-refractivity contribution in [1.82, 2.24) is 10.2 Å². The van der Waals surface area contributed by atoms with Gasteiger partial charge in [0.1, 0.15) is 17.3 Å². The van der Waals surface area contributed by atoms with Crippen molar-refractivity contribution < 1.29 is 31.8 Å². The Bertz CT molecular complexity index is 1290. The van der Waals surface area contributed by atoms with Gasteiger partial charge < -0.3 is 10.1 Å². The zero-order valence-corrected chi connectivity index (χ0v) is 29.0. The van der Waals surface area contributed by atoms with Gasteiger partial charge in [0.2, 0.25) is 0 Å². The first-order chi connectivity index (χ1) is 21.1. The number of halogens is 6. The van der Waals surface area contributed by atoms with E-state index in [0.29, 0.717) is 56.8 Å². The van der Waals surface area contributed by atoms with E-state index in [-0.39, 0.29) is 31.2 Å². The van der Waals surface area contributed by atoms with Crippen LogP contribution >= 0.6 is 24.0 Å². The minimum absolute atomic E-state index is 0. The average Bonchev–Trinajstić information content (AvgIpc) is 2.92. The van der Waals surface area contributed by atoms with Gasteiger partial charge in [-0.1, -0.05) is 41.9 Å². The minimum Gasteiger partial charge on any atom is -0.459 e. The Kier molecular flexibility index (Phi) is 13.4. The highest BCUT2D eigenvalue weighted by Crippen LogP contribution is 2.44. The van der Waals surface area contributed by atoms with Crippen LogP contribution in [-0.4, -0.2) is 61.3 Å². The lowest BCUT2D eigenvalue weighted by molar-refractivity contribution is -0.345. The fraction of sp³-hybridized carbons (Fsp3) is 0.629. The van der Waals surface area contributed by atoms with Gasteiger partial charge in [-0.2, -0.15) is 0 Å². The second-order valence-electron chi connectivity index (χ2n) is 13.7. The summed E-state index contributed by atoms with van der Waals surface area (Å²) in [5, 5.41) is 3.80. The summed E-state index contributed by atoms with van der Waals surface area (Å²) in [7, 11) is 1.86. The van der Waals surface area contributed by atoms with Gasteiger partial charge in [-0.05, 0) is 140 Å². The molecule has 5 nitrogen and oxygen atoms in total. The van der Waals surface area contributed by atoms with Crippen molar-refractivity contribution in [1.29, 1.82) is 0 Å². The number of likely N-dealkylation sites (N-methyl/N-ethyl adjacent to an activating group) is 1. The maximum Gasteiger partial charge on any atom is 0.522 e. The quantitative estimate of drug-likeness (QED) is 0.199. The van der Waals surface area contributed by atoms with E-state index in [2.05, 4.69) is 10.1 Å². The van der Waals surface area contributed by atoms with Crippen molar-refractivity contribution in [3.63, 3.8) is 0 Å².